The average Bonchev–Trinajstić information content (AvgIpc) is 2.48. The lowest BCUT2D eigenvalue weighted by Gasteiger charge is -2.13. The number of carbonyl (C=O) groups is 3. The summed E-state index contributed by atoms with van der Waals surface area (Å²) in [5.74, 6) is -2.44. The third-order valence-corrected chi connectivity index (χ3v) is 3.76. The van der Waals surface area contributed by atoms with E-state index in [0.29, 0.717) is 5.56 Å². The fourth-order valence-electron chi connectivity index (χ4n) is 1.89. The van der Waals surface area contributed by atoms with Crippen LogP contribution in [-0.4, -0.2) is 46.9 Å². The van der Waals surface area contributed by atoms with E-state index in [4.69, 9.17) is 10.8 Å². The van der Waals surface area contributed by atoms with Crippen LogP contribution in [0, 0.1) is 0 Å². The highest BCUT2D eigenvalue weighted by atomic mass is 127. The number of phenols is 1. The number of carboxylic acid groups (broad SMARTS) is 1. The number of ketones is 2. The first-order valence-electron chi connectivity index (χ1n) is 6.39. The van der Waals surface area contributed by atoms with Crippen molar-refractivity contribution in [2.24, 2.45) is 5.73 Å². The van der Waals surface area contributed by atoms with E-state index in [-0.39, 0.29) is 30.6 Å². The topological polar surface area (TPSA) is 142 Å². The molecule has 0 radical (unpaired) electrons. The molecular formula is C13H15I2N3O5. The molecule has 0 aliphatic heterocycles. The highest BCUT2D eigenvalue weighted by Crippen LogP contribution is 2.26. The van der Waals surface area contributed by atoms with Crippen LogP contribution < -0.4 is 12.8 Å². The molecule has 10 heteroatoms. The van der Waals surface area contributed by atoms with Gasteiger partial charge in [-0.25, -0.2) is 0 Å². The summed E-state index contributed by atoms with van der Waals surface area (Å²) < 4.78 is 5.28. The Morgan fingerprint density at radius 2 is 1.52 bits per heavy atom. The number of phenolic OH excluding ortho intramolecular Hbond substituents is 1. The molecule has 0 amide bonds. The van der Waals surface area contributed by atoms with E-state index in [1.807, 2.05) is 0 Å². The normalized spacial score (nSPS) is 12.0. The van der Waals surface area contributed by atoms with Crippen molar-refractivity contribution in [2.45, 2.75) is 12.5 Å². The monoisotopic (exact) mass is 547 g/mol. The second kappa shape index (κ2) is 9.46. The fraction of sp³-hybridized carbons (Fsp3) is 0.308. The molecule has 23 heavy (non-hydrogen) atoms. The third kappa shape index (κ3) is 5.63. The van der Waals surface area contributed by atoms with Crippen LogP contribution in [0.25, 0.3) is 0 Å². The molecule has 0 bridgehead atoms. The molecule has 6 N–H and O–H groups in total. The van der Waals surface area contributed by atoms with Crippen molar-refractivity contribution in [3.05, 3.63) is 28.8 Å². The number of aromatic hydroxyl groups is 1. The molecule has 1 rings (SSSR count). The Balaban J connectivity index is 3.33. The Morgan fingerprint density at radius 3 is 1.87 bits per heavy atom. The largest absolute Gasteiger partial charge is 0.506 e. The van der Waals surface area contributed by atoms with Gasteiger partial charge < -0.3 is 15.9 Å². The van der Waals surface area contributed by atoms with Crippen molar-refractivity contribution in [1.29, 1.82) is 0 Å². The zero-order valence-corrected chi connectivity index (χ0v) is 16.1. The summed E-state index contributed by atoms with van der Waals surface area (Å²) in [4.78, 5) is 35.0. The summed E-state index contributed by atoms with van der Waals surface area (Å²) in [6.45, 7) is -0.0819. The Hall–Kier alpha value is -0.830. The van der Waals surface area contributed by atoms with E-state index in [2.05, 4.69) is 7.06 Å². The molecule has 8 nitrogen and oxygen atoms in total. The van der Waals surface area contributed by atoms with Crippen LogP contribution in [0.5, 0.6) is 5.75 Å². The highest BCUT2D eigenvalue weighted by Gasteiger charge is 2.22. The van der Waals surface area contributed by atoms with Crippen molar-refractivity contribution < 1.29 is 24.6 Å². The van der Waals surface area contributed by atoms with E-state index >= 15 is 0 Å². The SMILES string of the molecule is N[C@@H](Cc1cc(C(=O)CNI)c(O)c(C(=O)CNI)c1)C(=O)O. The molecule has 1 aromatic rings. The van der Waals surface area contributed by atoms with Gasteiger partial charge in [-0.05, 0) is 24.1 Å². The maximum atomic E-state index is 12.1. The van der Waals surface area contributed by atoms with E-state index in [1.165, 1.54) is 12.1 Å². The lowest BCUT2D eigenvalue weighted by Crippen LogP contribution is -2.32. The third-order valence-electron chi connectivity index (χ3n) is 3.00. The number of carboxylic acids is 1. The van der Waals surface area contributed by atoms with Crippen LogP contribution in [0.4, 0.5) is 0 Å². The molecule has 1 atom stereocenters. The van der Waals surface area contributed by atoms with Crippen LogP contribution >= 0.6 is 45.7 Å². The number of nitrogens with one attached hydrogen (secondary N) is 2. The smallest absolute Gasteiger partial charge is 0.320 e. The minimum atomic E-state index is -1.19. The van der Waals surface area contributed by atoms with Crippen molar-refractivity contribution >= 4 is 63.3 Å². The minimum absolute atomic E-state index is 0.0407. The number of aliphatic carboxylic acids is 1. The molecule has 0 spiro atoms. The predicted octanol–water partition coefficient (Wildman–Crippen LogP) is 0.591. The summed E-state index contributed by atoms with van der Waals surface area (Å²) in [5, 5.41) is 19.1. The Labute approximate surface area is 160 Å². The number of Topliss-reactive ketones (excluding diaryl/α,β-unsaturated/α-hetero) is 2. The molecule has 126 valence electrons. The minimum Gasteiger partial charge on any atom is -0.506 e. The lowest BCUT2D eigenvalue weighted by atomic mass is 9.95. The molecule has 0 aromatic heterocycles. The van der Waals surface area contributed by atoms with Gasteiger partial charge in [-0.2, -0.15) is 0 Å². The number of hydrogen-bond donors (Lipinski definition) is 5. The van der Waals surface area contributed by atoms with Gasteiger partial charge in [0, 0.05) is 45.7 Å². The summed E-state index contributed by atoms with van der Waals surface area (Å²) >= 11 is 3.57. The van der Waals surface area contributed by atoms with Gasteiger partial charge in [0.1, 0.15) is 11.8 Å². The second-order valence-electron chi connectivity index (χ2n) is 4.66. The van der Waals surface area contributed by atoms with Crippen LogP contribution in [-0.2, 0) is 11.2 Å². The van der Waals surface area contributed by atoms with E-state index in [9.17, 15) is 19.5 Å². The Bertz CT molecular complexity index is 585. The second-order valence-corrected chi connectivity index (χ2v) is 6.18. The van der Waals surface area contributed by atoms with Gasteiger partial charge in [0.15, 0.2) is 11.6 Å². The fourth-order valence-corrected chi connectivity index (χ4v) is 2.58. The quantitative estimate of drug-likeness (QED) is 0.172. The van der Waals surface area contributed by atoms with Gasteiger partial charge in [0.2, 0.25) is 0 Å². The molecule has 0 saturated carbocycles. The van der Waals surface area contributed by atoms with Crippen molar-refractivity contribution in [3.8, 4) is 5.75 Å². The molecule has 0 aliphatic rings. The number of hydrogen-bond acceptors (Lipinski definition) is 7. The highest BCUT2D eigenvalue weighted by molar-refractivity contribution is 14.1. The summed E-state index contributed by atoms with van der Waals surface area (Å²) in [6.07, 6.45) is -0.0640. The van der Waals surface area contributed by atoms with Gasteiger partial charge in [-0.15, -0.1) is 0 Å². The van der Waals surface area contributed by atoms with Crippen LogP contribution in [0.1, 0.15) is 26.3 Å². The van der Waals surface area contributed by atoms with Crippen LogP contribution in [0.15, 0.2) is 12.1 Å². The predicted molar refractivity (Wildman–Crippen MR) is 100 cm³/mol. The molecule has 1 aromatic carbocycles. The number of halogens is 2. The molecule has 0 saturated heterocycles. The zero-order chi connectivity index (χ0) is 17.6. The standard InChI is InChI=1S/C13H15I2N3O5/c14-17-4-10(19)7-1-6(3-9(16)13(22)23)2-8(12(7)21)11(20)5-18-15/h1-2,9,17-18,21H,3-5,16H2,(H,22,23)/t9-/m0/s1. The van der Waals surface area contributed by atoms with Crippen LogP contribution in [0.2, 0.25) is 0 Å². The molecular weight excluding hydrogens is 532 g/mol. The Kier molecular flexibility index (Phi) is 8.32. The van der Waals surface area contributed by atoms with E-state index in [0.717, 1.165) is 0 Å². The molecule has 0 heterocycles. The van der Waals surface area contributed by atoms with Gasteiger partial charge in [0.05, 0.1) is 24.2 Å². The van der Waals surface area contributed by atoms with E-state index < -0.39 is 29.3 Å². The first kappa shape index (κ1) is 20.2. The van der Waals surface area contributed by atoms with Crippen LogP contribution in [0.3, 0.4) is 0 Å². The number of carbonyl (C=O) groups excluding carboxylic acids is 2. The van der Waals surface area contributed by atoms with Crippen molar-refractivity contribution in [2.75, 3.05) is 13.1 Å². The van der Waals surface area contributed by atoms with Gasteiger partial charge >= 0.3 is 5.97 Å². The lowest BCUT2D eigenvalue weighted by molar-refractivity contribution is -0.138. The number of rotatable bonds is 9. The van der Waals surface area contributed by atoms with Gasteiger partial charge in [-0.3, -0.25) is 21.4 Å². The summed E-state index contributed by atoms with van der Waals surface area (Å²) in [5.41, 5.74) is 5.81. The number of nitrogens with two attached hydrogens (primary N) is 1. The Morgan fingerprint density at radius 1 is 1.09 bits per heavy atom. The molecule has 0 unspecified atom stereocenters. The van der Waals surface area contributed by atoms with Gasteiger partial charge in [0.25, 0.3) is 0 Å². The number of benzene rings is 1. The van der Waals surface area contributed by atoms with E-state index in [1.54, 1.807) is 45.7 Å². The first-order chi connectivity index (χ1) is 10.8. The maximum Gasteiger partial charge on any atom is 0.320 e. The molecule has 0 fully saturated rings. The summed E-state index contributed by atoms with van der Waals surface area (Å²) in [7, 11) is 0. The maximum absolute atomic E-state index is 12.1. The first-order valence-corrected chi connectivity index (χ1v) is 8.55. The van der Waals surface area contributed by atoms with Crippen molar-refractivity contribution in [1.82, 2.24) is 7.06 Å². The zero-order valence-electron chi connectivity index (χ0n) is 11.8. The average molecular weight is 547 g/mol. The summed E-state index contributed by atoms with van der Waals surface area (Å²) in [6, 6.07) is 1.56. The van der Waals surface area contributed by atoms with Gasteiger partial charge in [-0.1, -0.05) is 0 Å². The van der Waals surface area contributed by atoms with Crippen molar-refractivity contribution in [3.63, 3.8) is 0 Å². The molecule has 0 aliphatic carbocycles.